The fourth-order valence-corrected chi connectivity index (χ4v) is 4.52. The first-order valence-corrected chi connectivity index (χ1v) is 11.4. The third-order valence-electron chi connectivity index (χ3n) is 5.17. The molecule has 3 aromatic carbocycles. The monoisotopic (exact) mass is 409 g/mol. The van der Waals surface area contributed by atoms with Gasteiger partial charge in [-0.1, -0.05) is 92.8 Å². The van der Waals surface area contributed by atoms with Gasteiger partial charge in [0.05, 0.1) is 18.2 Å². The van der Waals surface area contributed by atoms with Crippen LogP contribution in [0.25, 0.3) is 11.1 Å². The summed E-state index contributed by atoms with van der Waals surface area (Å²) in [5, 5.41) is 9.68. The summed E-state index contributed by atoms with van der Waals surface area (Å²) in [6, 6.07) is 27.0. The topological polar surface area (TPSA) is 33.0 Å². The average molecular weight is 409 g/mol. The summed E-state index contributed by atoms with van der Waals surface area (Å²) in [7, 11) is 0.776. The van der Waals surface area contributed by atoms with Gasteiger partial charge in [-0.25, -0.2) is 0 Å². The molecule has 0 saturated heterocycles. The minimum atomic E-state index is -0.162. The molecule has 0 saturated carbocycles. The van der Waals surface area contributed by atoms with Crippen molar-refractivity contribution in [3.63, 3.8) is 0 Å². The van der Waals surface area contributed by atoms with Crippen LogP contribution in [-0.2, 0) is 11.3 Å². The van der Waals surface area contributed by atoms with Gasteiger partial charge in [0.25, 0.3) is 0 Å². The summed E-state index contributed by atoms with van der Waals surface area (Å²) in [6.07, 6.45) is 5.33. The first kappa shape index (κ1) is 20.3. The Bertz CT molecular complexity index is 1130. The summed E-state index contributed by atoms with van der Waals surface area (Å²) >= 11 is 0. The molecule has 1 aliphatic heterocycles. The van der Waals surface area contributed by atoms with Gasteiger partial charge in [0, 0.05) is 0 Å². The fraction of sp³-hybridized carbons (Fsp3) is 0.148. The quantitative estimate of drug-likeness (QED) is 0.414. The molecule has 0 amide bonds. The molecule has 0 fully saturated rings. The van der Waals surface area contributed by atoms with Crippen molar-refractivity contribution in [1.29, 1.82) is 5.26 Å². The number of rotatable bonds is 6. The van der Waals surface area contributed by atoms with Crippen LogP contribution in [0.3, 0.4) is 0 Å². The van der Waals surface area contributed by atoms with E-state index in [0.717, 1.165) is 37.0 Å². The van der Waals surface area contributed by atoms with E-state index in [4.69, 9.17) is 4.74 Å². The van der Waals surface area contributed by atoms with Crippen LogP contribution in [-0.4, -0.2) is 6.16 Å². The molecule has 2 atom stereocenters. The van der Waals surface area contributed by atoms with Crippen molar-refractivity contribution >= 4 is 8.58 Å². The Kier molecular flexibility index (Phi) is 6.55. The predicted molar refractivity (Wildman–Crippen MR) is 126 cm³/mol. The molecule has 2 nitrogen and oxygen atoms in total. The molecule has 0 aliphatic carbocycles. The molecule has 3 heteroatoms. The molecule has 30 heavy (non-hydrogen) atoms. The zero-order valence-corrected chi connectivity index (χ0v) is 18.0. The standard InChI is InChI=1S/C27H24NOP/c1-20-7-5-10-22(15-20)26-16-23(12-13-24(26)17-28)27(25-11-6-14-30-19-25)29-18-21-8-3-2-4-9-21/h2-13,15-16,19,27,30H,14,18H2,1H3. The van der Waals surface area contributed by atoms with Crippen LogP contribution in [0.4, 0.5) is 0 Å². The highest BCUT2D eigenvalue weighted by Crippen LogP contribution is 2.36. The van der Waals surface area contributed by atoms with Crippen molar-refractivity contribution in [2.45, 2.75) is 19.6 Å². The SMILES string of the molecule is Cc1cccc(-c2cc(C(OCc3ccccc3)C3=CPCC=C3)ccc2C#N)c1. The number of benzene rings is 3. The number of hydrogen-bond donors (Lipinski definition) is 0. The molecule has 2 unspecified atom stereocenters. The Hall–Kier alpha value is -2.98. The van der Waals surface area contributed by atoms with Crippen molar-refractivity contribution in [3.05, 3.63) is 119 Å². The molecule has 0 N–H and O–H groups in total. The normalized spacial score (nSPS) is 14.9. The lowest BCUT2D eigenvalue weighted by atomic mass is 9.93. The largest absolute Gasteiger partial charge is 0.364 e. The van der Waals surface area contributed by atoms with Crippen LogP contribution in [0.5, 0.6) is 0 Å². The van der Waals surface area contributed by atoms with Crippen LogP contribution in [0.15, 0.2) is 96.3 Å². The molecule has 0 bridgehead atoms. The highest BCUT2D eigenvalue weighted by molar-refractivity contribution is 7.42. The Labute approximate surface area is 180 Å². The van der Waals surface area contributed by atoms with E-state index >= 15 is 0 Å². The number of nitriles is 1. The lowest BCUT2D eigenvalue weighted by Gasteiger charge is -2.22. The Morgan fingerprint density at radius 3 is 2.63 bits per heavy atom. The minimum Gasteiger partial charge on any atom is -0.364 e. The van der Waals surface area contributed by atoms with E-state index in [-0.39, 0.29) is 6.10 Å². The highest BCUT2D eigenvalue weighted by Gasteiger charge is 2.19. The van der Waals surface area contributed by atoms with E-state index in [1.807, 2.05) is 36.4 Å². The average Bonchev–Trinajstić information content (AvgIpc) is 2.80. The highest BCUT2D eigenvalue weighted by atomic mass is 31.1. The second-order valence-electron chi connectivity index (χ2n) is 7.42. The van der Waals surface area contributed by atoms with Gasteiger partial charge in [0.15, 0.2) is 0 Å². The predicted octanol–water partition coefficient (Wildman–Crippen LogP) is 6.92. The number of ether oxygens (including phenoxy) is 1. The molecule has 0 radical (unpaired) electrons. The van der Waals surface area contributed by atoms with Gasteiger partial charge in [-0.3, -0.25) is 0 Å². The smallest absolute Gasteiger partial charge is 0.108 e. The molecule has 1 aliphatic rings. The summed E-state index contributed by atoms with van der Waals surface area (Å²) < 4.78 is 6.44. The summed E-state index contributed by atoms with van der Waals surface area (Å²) in [5.74, 6) is 2.29. The Morgan fingerprint density at radius 2 is 1.90 bits per heavy atom. The van der Waals surface area contributed by atoms with Gasteiger partial charge in [0.2, 0.25) is 0 Å². The van der Waals surface area contributed by atoms with Gasteiger partial charge in [0.1, 0.15) is 6.10 Å². The van der Waals surface area contributed by atoms with Crippen molar-refractivity contribution in [3.8, 4) is 17.2 Å². The van der Waals surface area contributed by atoms with Crippen molar-refractivity contribution in [2.24, 2.45) is 0 Å². The van der Waals surface area contributed by atoms with Gasteiger partial charge in [-0.2, -0.15) is 5.26 Å². The fourth-order valence-electron chi connectivity index (χ4n) is 3.66. The van der Waals surface area contributed by atoms with Gasteiger partial charge in [-0.05, 0) is 53.0 Å². The van der Waals surface area contributed by atoms with E-state index in [1.54, 1.807) is 0 Å². The van der Waals surface area contributed by atoms with Crippen LogP contribution < -0.4 is 0 Å². The van der Waals surface area contributed by atoms with Crippen LogP contribution in [0.1, 0.15) is 28.4 Å². The maximum Gasteiger partial charge on any atom is 0.108 e. The molecular formula is C27H24NOP. The van der Waals surface area contributed by atoms with E-state index < -0.39 is 0 Å². The van der Waals surface area contributed by atoms with E-state index in [9.17, 15) is 5.26 Å². The van der Waals surface area contributed by atoms with Crippen molar-refractivity contribution in [1.82, 2.24) is 0 Å². The third kappa shape index (κ3) is 4.77. The van der Waals surface area contributed by atoms with Gasteiger partial charge < -0.3 is 4.74 Å². The van der Waals surface area contributed by atoms with Crippen LogP contribution >= 0.6 is 8.58 Å². The molecule has 3 aromatic rings. The second-order valence-corrected chi connectivity index (χ2v) is 8.52. The zero-order chi connectivity index (χ0) is 20.8. The summed E-state index contributed by atoms with van der Waals surface area (Å²) in [6.45, 7) is 2.61. The molecule has 148 valence electrons. The number of aryl methyl sites for hydroxylation is 1. The van der Waals surface area contributed by atoms with E-state index in [0.29, 0.717) is 12.2 Å². The van der Waals surface area contributed by atoms with Crippen LogP contribution in [0, 0.1) is 18.3 Å². The summed E-state index contributed by atoms with van der Waals surface area (Å²) in [5.41, 5.74) is 7.29. The Morgan fingerprint density at radius 1 is 1.03 bits per heavy atom. The Balaban J connectivity index is 1.72. The molecular weight excluding hydrogens is 385 g/mol. The van der Waals surface area contributed by atoms with Gasteiger partial charge in [-0.15, -0.1) is 0 Å². The van der Waals surface area contributed by atoms with E-state index in [1.165, 1.54) is 11.1 Å². The molecule has 0 spiro atoms. The maximum atomic E-state index is 9.68. The number of nitrogens with zero attached hydrogens (tertiary/aromatic N) is 1. The van der Waals surface area contributed by atoms with Crippen molar-refractivity contribution < 1.29 is 4.74 Å². The molecule has 1 heterocycles. The zero-order valence-electron chi connectivity index (χ0n) is 17.0. The maximum absolute atomic E-state index is 9.68. The molecule has 4 rings (SSSR count). The third-order valence-corrected chi connectivity index (χ3v) is 6.18. The first-order chi connectivity index (χ1) is 14.7. The molecule has 0 aromatic heterocycles. The number of hydrogen-bond acceptors (Lipinski definition) is 2. The van der Waals surface area contributed by atoms with Crippen LogP contribution in [0.2, 0.25) is 0 Å². The lowest BCUT2D eigenvalue weighted by molar-refractivity contribution is 0.0664. The number of allylic oxidation sites excluding steroid dienone is 1. The van der Waals surface area contributed by atoms with Gasteiger partial charge >= 0.3 is 0 Å². The lowest BCUT2D eigenvalue weighted by Crippen LogP contribution is -2.08. The minimum absolute atomic E-state index is 0.162. The first-order valence-electron chi connectivity index (χ1n) is 10.1. The van der Waals surface area contributed by atoms with Crippen molar-refractivity contribution in [2.75, 3.05) is 6.16 Å². The second kappa shape index (κ2) is 9.68. The summed E-state index contributed by atoms with van der Waals surface area (Å²) in [4.78, 5) is 0. The van der Waals surface area contributed by atoms with E-state index in [2.05, 4.69) is 67.4 Å².